The Balaban J connectivity index is 1.92. The van der Waals surface area contributed by atoms with E-state index in [4.69, 9.17) is 0 Å². The number of nitrogens with zero attached hydrogens (tertiary/aromatic N) is 4. The maximum absolute atomic E-state index is 4.58. The predicted octanol–water partition coefficient (Wildman–Crippen LogP) is 4.27. The van der Waals surface area contributed by atoms with E-state index in [1.54, 1.807) is 13.2 Å². The highest BCUT2D eigenvalue weighted by atomic mass is 15.0. The van der Waals surface area contributed by atoms with Crippen LogP contribution in [-0.2, 0) is 0 Å². The van der Waals surface area contributed by atoms with E-state index in [9.17, 15) is 0 Å². The van der Waals surface area contributed by atoms with Crippen LogP contribution >= 0.6 is 0 Å². The van der Waals surface area contributed by atoms with Gasteiger partial charge in [0.2, 0.25) is 0 Å². The molecule has 0 fully saturated rings. The Morgan fingerprint density at radius 1 is 0.800 bits per heavy atom. The third-order valence-electron chi connectivity index (χ3n) is 3.74. The van der Waals surface area contributed by atoms with Crippen LogP contribution in [0, 0.1) is 0 Å². The van der Waals surface area contributed by atoms with Crippen molar-refractivity contribution in [3.63, 3.8) is 0 Å². The van der Waals surface area contributed by atoms with E-state index in [-0.39, 0.29) is 0 Å². The molecule has 0 saturated heterocycles. The van der Waals surface area contributed by atoms with E-state index in [2.05, 4.69) is 26.7 Å². The summed E-state index contributed by atoms with van der Waals surface area (Å²) in [4.78, 5) is 17.1. The monoisotopic (exact) mass is 326 g/mol. The molecule has 3 aromatic rings. The lowest BCUT2D eigenvalue weighted by Crippen LogP contribution is -2.04. The van der Waals surface area contributed by atoms with Crippen LogP contribution < -0.4 is 0 Å². The van der Waals surface area contributed by atoms with Crippen LogP contribution in [0.1, 0.15) is 11.1 Å². The smallest absolute Gasteiger partial charge is 0.161 e. The van der Waals surface area contributed by atoms with Crippen LogP contribution in [0.4, 0.5) is 0 Å². The summed E-state index contributed by atoms with van der Waals surface area (Å²) >= 11 is 0. The van der Waals surface area contributed by atoms with E-state index < -0.39 is 0 Å². The third kappa shape index (κ3) is 3.93. The van der Waals surface area contributed by atoms with Gasteiger partial charge in [0.15, 0.2) is 11.7 Å². The maximum Gasteiger partial charge on any atom is 0.161 e. The van der Waals surface area contributed by atoms with Crippen molar-refractivity contribution in [2.75, 3.05) is 7.05 Å². The molecular weight excluding hydrogens is 308 g/mol. The van der Waals surface area contributed by atoms with Gasteiger partial charge in [-0.2, -0.15) is 0 Å². The first kappa shape index (κ1) is 16.5. The molecule has 25 heavy (non-hydrogen) atoms. The lowest BCUT2D eigenvalue weighted by Gasteiger charge is -2.06. The number of hydrogen-bond donors (Lipinski definition) is 0. The topological polar surface area (TPSA) is 50.0 Å². The molecule has 4 nitrogen and oxygen atoms in total. The maximum atomic E-state index is 4.58. The van der Waals surface area contributed by atoms with Gasteiger partial charge in [0.1, 0.15) is 0 Å². The van der Waals surface area contributed by atoms with Gasteiger partial charge in [0.05, 0.1) is 0 Å². The van der Waals surface area contributed by atoms with Crippen LogP contribution in [-0.4, -0.2) is 30.4 Å². The van der Waals surface area contributed by atoms with Gasteiger partial charge in [-0.1, -0.05) is 60.7 Å². The first-order valence-corrected chi connectivity index (χ1v) is 7.90. The highest BCUT2D eigenvalue weighted by Gasteiger charge is 2.06. The molecule has 1 aromatic heterocycles. The van der Waals surface area contributed by atoms with Gasteiger partial charge in [-0.05, 0) is 23.9 Å². The highest BCUT2D eigenvalue weighted by molar-refractivity contribution is 6.12. The van der Waals surface area contributed by atoms with Crippen LogP contribution in [0.25, 0.3) is 11.1 Å². The molecule has 0 N–H and O–H groups in total. The van der Waals surface area contributed by atoms with Crippen LogP contribution in [0.2, 0.25) is 0 Å². The van der Waals surface area contributed by atoms with Crippen molar-refractivity contribution in [2.45, 2.75) is 0 Å². The molecule has 3 rings (SSSR count). The Morgan fingerprint density at radius 2 is 1.52 bits per heavy atom. The number of amidine groups is 2. The molecule has 1 heterocycles. The number of benzene rings is 2. The van der Waals surface area contributed by atoms with Crippen molar-refractivity contribution < 1.29 is 0 Å². The summed E-state index contributed by atoms with van der Waals surface area (Å²) in [6.07, 6.45) is 3.60. The quantitative estimate of drug-likeness (QED) is 0.524. The zero-order valence-electron chi connectivity index (χ0n) is 14.0. The summed E-state index contributed by atoms with van der Waals surface area (Å²) in [5.74, 6) is 1.17. The molecular formula is C21H18N4. The van der Waals surface area contributed by atoms with Gasteiger partial charge in [-0.25, -0.2) is 9.98 Å². The minimum atomic E-state index is 0.544. The van der Waals surface area contributed by atoms with Crippen molar-refractivity contribution in [1.29, 1.82) is 0 Å². The molecule has 4 heteroatoms. The summed E-state index contributed by atoms with van der Waals surface area (Å²) in [5, 5.41) is 0. The number of rotatable bonds is 3. The molecule has 0 aliphatic carbocycles. The second kappa shape index (κ2) is 7.93. The molecule has 0 saturated carbocycles. The molecule has 0 unspecified atom stereocenters. The first-order valence-electron chi connectivity index (χ1n) is 7.90. The Labute approximate surface area is 147 Å². The predicted molar refractivity (Wildman–Crippen MR) is 105 cm³/mol. The summed E-state index contributed by atoms with van der Waals surface area (Å²) < 4.78 is 0. The fourth-order valence-electron chi connectivity index (χ4n) is 2.47. The van der Waals surface area contributed by atoms with E-state index in [1.165, 1.54) is 0 Å². The second-order valence-electron chi connectivity index (χ2n) is 5.33. The fourth-order valence-corrected chi connectivity index (χ4v) is 2.47. The second-order valence-corrected chi connectivity index (χ2v) is 5.33. The van der Waals surface area contributed by atoms with Crippen molar-refractivity contribution in [2.24, 2.45) is 15.0 Å². The minimum Gasteiger partial charge on any atom is -0.270 e. The lowest BCUT2D eigenvalue weighted by molar-refractivity contribution is 1.33. The zero-order chi connectivity index (χ0) is 17.5. The van der Waals surface area contributed by atoms with Crippen LogP contribution in [0.3, 0.4) is 0 Å². The number of aliphatic imine (C=N–C) groups is 3. The molecule has 0 aliphatic heterocycles. The number of aromatic nitrogens is 1. The Kier molecular flexibility index (Phi) is 5.22. The number of pyridine rings is 1. The van der Waals surface area contributed by atoms with Crippen molar-refractivity contribution in [1.82, 2.24) is 4.98 Å². The molecule has 0 radical (unpaired) electrons. The van der Waals surface area contributed by atoms with Gasteiger partial charge in [0, 0.05) is 30.6 Å². The van der Waals surface area contributed by atoms with Gasteiger partial charge in [0.25, 0.3) is 0 Å². The van der Waals surface area contributed by atoms with Gasteiger partial charge < -0.3 is 0 Å². The number of hydrogen-bond acceptors (Lipinski definition) is 2. The van der Waals surface area contributed by atoms with Gasteiger partial charge in [-0.3, -0.25) is 9.98 Å². The van der Waals surface area contributed by atoms with Crippen LogP contribution in [0.5, 0.6) is 0 Å². The lowest BCUT2D eigenvalue weighted by atomic mass is 10.1. The summed E-state index contributed by atoms with van der Waals surface area (Å²) in [6, 6.07) is 21.8. The van der Waals surface area contributed by atoms with Gasteiger partial charge in [-0.15, -0.1) is 0 Å². The van der Waals surface area contributed by atoms with E-state index >= 15 is 0 Å². The molecule has 0 bridgehead atoms. The average Bonchev–Trinajstić information content (AvgIpc) is 2.70. The molecule has 122 valence electrons. The van der Waals surface area contributed by atoms with E-state index in [1.807, 2.05) is 72.9 Å². The van der Waals surface area contributed by atoms with Crippen molar-refractivity contribution in [3.05, 3.63) is 90.3 Å². The molecule has 0 amide bonds. The third-order valence-corrected chi connectivity index (χ3v) is 3.74. The fraction of sp³-hybridized carbons (Fsp3) is 0.0476. The Morgan fingerprint density at radius 3 is 2.12 bits per heavy atom. The standard InChI is InChI=1S/C21H18N4/c1-22-20(17-7-4-3-5-8-17)25-21(23-2)18-12-10-16(11-13-18)19-9-6-14-24-15-19/h3-15H,2H2,1H3. The normalized spacial score (nSPS) is 12.0. The molecule has 0 aliphatic rings. The minimum absolute atomic E-state index is 0.544. The first-order chi connectivity index (χ1) is 12.3. The summed E-state index contributed by atoms with van der Waals surface area (Å²) in [5.41, 5.74) is 3.99. The average molecular weight is 326 g/mol. The Hall–Kier alpha value is -3.40. The molecule has 2 aromatic carbocycles. The van der Waals surface area contributed by atoms with Gasteiger partial charge >= 0.3 is 0 Å². The van der Waals surface area contributed by atoms with E-state index in [0.29, 0.717) is 11.7 Å². The molecule has 0 atom stereocenters. The van der Waals surface area contributed by atoms with E-state index in [0.717, 1.165) is 22.3 Å². The highest BCUT2D eigenvalue weighted by Crippen LogP contribution is 2.19. The summed E-state index contributed by atoms with van der Waals surface area (Å²) in [6.45, 7) is 3.65. The zero-order valence-corrected chi connectivity index (χ0v) is 14.0. The Bertz CT molecular complexity index is 896. The largest absolute Gasteiger partial charge is 0.270 e. The van der Waals surface area contributed by atoms with Crippen molar-refractivity contribution >= 4 is 18.4 Å². The SMILES string of the molecule is C=NC(=NC(=NC)c1ccccc1)c1ccc(-c2cccnc2)cc1. The van der Waals surface area contributed by atoms with Crippen molar-refractivity contribution in [3.8, 4) is 11.1 Å². The van der Waals surface area contributed by atoms with Crippen LogP contribution in [0.15, 0.2) is 94.1 Å². The summed E-state index contributed by atoms with van der Waals surface area (Å²) in [7, 11) is 1.72. The molecule has 0 spiro atoms.